The summed E-state index contributed by atoms with van der Waals surface area (Å²) in [4.78, 5) is 11.3. The molecule has 0 amide bonds. The normalized spacial score (nSPS) is 14.5. The van der Waals surface area contributed by atoms with Crippen LogP contribution in [0.15, 0.2) is 60.9 Å². The number of hydrogen-bond acceptors (Lipinski definition) is 7. The Morgan fingerprint density at radius 1 is 1.03 bits per heavy atom. The highest BCUT2D eigenvalue weighted by atomic mass is 19.1. The van der Waals surface area contributed by atoms with Crippen molar-refractivity contribution < 1.29 is 18.6 Å². The molecule has 0 aliphatic carbocycles. The Labute approximate surface area is 216 Å². The Bertz CT molecular complexity index is 1390. The smallest absolute Gasteiger partial charge is 0.145 e. The van der Waals surface area contributed by atoms with Gasteiger partial charge in [0.05, 0.1) is 18.0 Å². The fraction of sp³-hybridized carbons (Fsp3) is 0.310. The van der Waals surface area contributed by atoms with Gasteiger partial charge in [-0.1, -0.05) is 18.2 Å². The van der Waals surface area contributed by atoms with Crippen molar-refractivity contribution in [1.29, 1.82) is 0 Å². The predicted octanol–water partition coefficient (Wildman–Crippen LogP) is 5.88. The molecular weight excluding hydrogens is 471 g/mol. The first-order chi connectivity index (χ1) is 18.0. The maximum Gasteiger partial charge on any atom is 0.145 e. The van der Waals surface area contributed by atoms with E-state index < -0.39 is 0 Å². The lowest BCUT2D eigenvalue weighted by Crippen LogP contribution is -2.35. The zero-order valence-corrected chi connectivity index (χ0v) is 21.3. The van der Waals surface area contributed by atoms with Gasteiger partial charge >= 0.3 is 0 Å². The number of aromatic nitrogens is 2. The van der Waals surface area contributed by atoms with E-state index in [1.54, 1.807) is 25.3 Å². The van der Waals surface area contributed by atoms with Crippen molar-refractivity contribution in [3.05, 3.63) is 77.9 Å². The number of aryl methyl sites for hydroxylation is 1. The van der Waals surface area contributed by atoms with Gasteiger partial charge in [-0.25, -0.2) is 14.4 Å². The number of methoxy groups -OCH3 is 1. The molecule has 0 saturated carbocycles. The second-order valence-electron chi connectivity index (χ2n) is 9.35. The van der Waals surface area contributed by atoms with Gasteiger partial charge in [-0.2, -0.15) is 0 Å². The largest absolute Gasteiger partial charge is 0.497 e. The van der Waals surface area contributed by atoms with Gasteiger partial charge in [0, 0.05) is 36.5 Å². The van der Waals surface area contributed by atoms with E-state index in [1.165, 1.54) is 12.4 Å². The fourth-order valence-electron chi connectivity index (χ4n) is 4.51. The van der Waals surface area contributed by atoms with E-state index >= 15 is 0 Å². The second-order valence-corrected chi connectivity index (χ2v) is 9.35. The molecule has 2 heterocycles. The number of fused-ring (bicyclic) bond motifs is 1. The molecule has 1 aromatic heterocycles. The van der Waals surface area contributed by atoms with Gasteiger partial charge in [0.15, 0.2) is 0 Å². The van der Waals surface area contributed by atoms with Crippen LogP contribution in [-0.4, -0.2) is 48.2 Å². The van der Waals surface area contributed by atoms with Crippen LogP contribution in [-0.2, 0) is 6.61 Å². The van der Waals surface area contributed by atoms with Gasteiger partial charge in [-0.15, -0.1) is 0 Å². The molecule has 37 heavy (non-hydrogen) atoms. The van der Waals surface area contributed by atoms with Gasteiger partial charge in [0.2, 0.25) is 0 Å². The van der Waals surface area contributed by atoms with Crippen LogP contribution in [0, 0.1) is 12.7 Å². The Morgan fingerprint density at radius 2 is 1.84 bits per heavy atom. The Hall–Kier alpha value is -3.91. The molecule has 3 aromatic carbocycles. The number of anilines is 2. The molecule has 0 bridgehead atoms. The first kappa shape index (κ1) is 24.8. The molecule has 192 valence electrons. The molecule has 1 fully saturated rings. The first-order valence-electron chi connectivity index (χ1n) is 12.4. The molecule has 4 aromatic rings. The van der Waals surface area contributed by atoms with Crippen LogP contribution in [0.1, 0.15) is 24.0 Å². The highest BCUT2D eigenvalue weighted by Gasteiger charge is 2.21. The summed E-state index contributed by atoms with van der Waals surface area (Å²) in [5, 5.41) is 4.23. The third-order valence-electron chi connectivity index (χ3n) is 6.65. The lowest BCUT2D eigenvalue weighted by atomic mass is 10.1. The van der Waals surface area contributed by atoms with Crippen molar-refractivity contribution in [1.82, 2.24) is 14.9 Å². The van der Waals surface area contributed by atoms with Gasteiger partial charge in [0.25, 0.3) is 0 Å². The maximum atomic E-state index is 14.0. The number of piperidine rings is 1. The third kappa shape index (κ3) is 5.75. The lowest BCUT2D eigenvalue weighted by molar-refractivity contribution is 0.115. The number of nitrogens with one attached hydrogen (secondary N) is 1. The molecule has 5 rings (SSSR count). The highest BCUT2D eigenvalue weighted by molar-refractivity contribution is 5.96. The third-order valence-corrected chi connectivity index (χ3v) is 6.65. The zero-order chi connectivity index (χ0) is 25.8. The summed E-state index contributed by atoms with van der Waals surface area (Å²) in [7, 11) is 3.77. The van der Waals surface area contributed by atoms with Crippen molar-refractivity contribution in [3.8, 4) is 17.2 Å². The van der Waals surface area contributed by atoms with Gasteiger partial charge in [-0.05, 0) is 56.6 Å². The van der Waals surface area contributed by atoms with Crippen molar-refractivity contribution >= 4 is 22.4 Å². The van der Waals surface area contributed by atoms with Crippen LogP contribution in [0.4, 0.5) is 15.9 Å². The minimum Gasteiger partial charge on any atom is -0.497 e. The summed E-state index contributed by atoms with van der Waals surface area (Å²) in [6.45, 7) is 4.12. The van der Waals surface area contributed by atoms with Crippen LogP contribution in [0.3, 0.4) is 0 Å². The molecule has 1 saturated heterocycles. The summed E-state index contributed by atoms with van der Waals surface area (Å²) >= 11 is 0. The van der Waals surface area contributed by atoms with Gasteiger partial charge < -0.3 is 24.4 Å². The number of rotatable bonds is 8. The summed E-state index contributed by atoms with van der Waals surface area (Å²) in [6.07, 6.45) is 3.56. The van der Waals surface area contributed by atoms with E-state index in [0.717, 1.165) is 48.1 Å². The SMILES string of the molecule is COc1cc(OC2CCN(C)CC2)c2c(Nc3ccc(OCc4ccccc4F)c(C)c3)ncnc2c1. The average molecular weight is 503 g/mol. The van der Waals surface area contributed by atoms with Crippen molar-refractivity contribution in [3.63, 3.8) is 0 Å². The molecule has 1 N–H and O–H groups in total. The van der Waals surface area contributed by atoms with Gasteiger partial charge in [-0.3, -0.25) is 0 Å². The monoisotopic (exact) mass is 502 g/mol. The molecule has 1 aliphatic rings. The lowest BCUT2D eigenvalue weighted by Gasteiger charge is -2.29. The molecule has 7 nitrogen and oxygen atoms in total. The van der Waals surface area contributed by atoms with Crippen LogP contribution >= 0.6 is 0 Å². The van der Waals surface area contributed by atoms with E-state index in [9.17, 15) is 4.39 Å². The molecule has 0 spiro atoms. The van der Waals surface area contributed by atoms with Crippen molar-refractivity contribution in [2.45, 2.75) is 32.5 Å². The average Bonchev–Trinajstić information content (AvgIpc) is 2.90. The van der Waals surface area contributed by atoms with Crippen LogP contribution in [0.5, 0.6) is 17.2 Å². The molecule has 0 unspecified atom stereocenters. The van der Waals surface area contributed by atoms with Crippen LogP contribution < -0.4 is 19.5 Å². The molecule has 1 aliphatic heterocycles. The summed E-state index contributed by atoms with van der Waals surface area (Å²) < 4.78 is 31.8. The maximum absolute atomic E-state index is 14.0. The predicted molar refractivity (Wildman–Crippen MR) is 142 cm³/mol. The summed E-state index contributed by atoms with van der Waals surface area (Å²) in [5.74, 6) is 2.46. The van der Waals surface area contributed by atoms with E-state index in [2.05, 4.69) is 27.2 Å². The quantitative estimate of drug-likeness (QED) is 0.323. The van der Waals surface area contributed by atoms with E-state index in [0.29, 0.717) is 28.6 Å². The zero-order valence-electron chi connectivity index (χ0n) is 21.3. The summed E-state index contributed by atoms with van der Waals surface area (Å²) in [6, 6.07) is 16.2. The van der Waals surface area contributed by atoms with E-state index in [4.69, 9.17) is 14.2 Å². The number of nitrogens with zero attached hydrogens (tertiary/aromatic N) is 3. The first-order valence-corrected chi connectivity index (χ1v) is 12.4. The van der Waals surface area contributed by atoms with E-state index in [1.807, 2.05) is 37.3 Å². The number of halogens is 1. The molecule has 0 radical (unpaired) electrons. The molecular formula is C29H31FN4O3. The number of hydrogen-bond donors (Lipinski definition) is 1. The minimum atomic E-state index is -0.274. The Balaban J connectivity index is 1.39. The Morgan fingerprint density at radius 3 is 2.59 bits per heavy atom. The van der Waals surface area contributed by atoms with Crippen molar-refractivity contribution in [2.24, 2.45) is 0 Å². The molecule has 8 heteroatoms. The van der Waals surface area contributed by atoms with Crippen LogP contribution in [0.25, 0.3) is 10.9 Å². The van der Waals surface area contributed by atoms with Gasteiger partial charge in [0.1, 0.15) is 47.9 Å². The molecule has 0 atom stereocenters. The van der Waals surface area contributed by atoms with Crippen LogP contribution in [0.2, 0.25) is 0 Å². The Kier molecular flexibility index (Phi) is 7.37. The second kappa shape index (κ2) is 11.0. The van der Waals surface area contributed by atoms with Crippen molar-refractivity contribution in [2.75, 3.05) is 32.6 Å². The fourth-order valence-corrected chi connectivity index (χ4v) is 4.51. The topological polar surface area (TPSA) is 68.7 Å². The number of likely N-dealkylation sites (tertiary alicyclic amines) is 1. The number of ether oxygens (including phenoxy) is 3. The van der Waals surface area contributed by atoms with E-state index in [-0.39, 0.29) is 18.5 Å². The minimum absolute atomic E-state index is 0.118. The highest BCUT2D eigenvalue weighted by Crippen LogP contribution is 2.37. The number of benzene rings is 3. The standard InChI is InChI=1S/C29H31FN4O3/c1-19-14-21(8-9-26(19)36-17-20-6-4-5-7-24(20)30)33-29-28-25(31-18-32-29)15-23(35-3)16-27(28)37-22-10-12-34(2)13-11-22/h4-9,14-16,18,22H,10-13,17H2,1-3H3,(H,31,32,33). The summed E-state index contributed by atoms with van der Waals surface area (Å²) in [5.41, 5.74) is 3.02.